The van der Waals surface area contributed by atoms with Crippen LogP contribution in [0, 0.1) is 0 Å². The monoisotopic (exact) mass is 344 g/mol. The Hall–Kier alpha value is -1.71. The number of aromatic nitrogens is 4. The van der Waals surface area contributed by atoms with Gasteiger partial charge in [-0.05, 0) is 25.5 Å². The molecule has 0 aliphatic carbocycles. The van der Waals surface area contributed by atoms with Crippen molar-refractivity contribution >= 4 is 35.6 Å². The van der Waals surface area contributed by atoms with Crippen molar-refractivity contribution in [1.82, 2.24) is 25.9 Å². The Bertz CT molecular complexity index is 642. The molecule has 1 amide bonds. The summed E-state index contributed by atoms with van der Waals surface area (Å²) >= 11 is 1.47. The molecular formula is C12H17ClN6O2S. The fourth-order valence-corrected chi connectivity index (χ4v) is 3.32. The molecule has 120 valence electrons. The van der Waals surface area contributed by atoms with Crippen LogP contribution in [-0.4, -0.2) is 39.2 Å². The summed E-state index contributed by atoms with van der Waals surface area (Å²) < 4.78 is 5.87. The van der Waals surface area contributed by atoms with Gasteiger partial charge in [0.2, 0.25) is 0 Å². The molecule has 0 unspecified atom stereocenters. The summed E-state index contributed by atoms with van der Waals surface area (Å²) in [5.41, 5.74) is 1.08. The summed E-state index contributed by atoms with van der Waals surface area (Å²) in [5, 5.41) is 19.1. The van der Waals surface area contributed by atoms with Gasteiger partial charge in [-0.3, -0.25) is 10.1 Å². The number of hydrogen-bond donors (Lipinski definition) is 3. The summed E-state index contributed by atoms with van der Waals surface area (Å²) in [6.45, 7) is 5.53. The number of nitrogens with zero attached hydrogens (tertiary/aromatic N) is 3. The number of ether oxygens (including phenoxy) is 1. The lowest BCUT2D eigenvalue weighted by molar-refractivity contribution is 0.102. The van der Waals surface area contributed by atoms with Gasteiger partial charge in [0.15, 0.2) is 0 Å². The number of carbonyl (C=O) groups excluding carboxylic acids is 1. The van der Waals surface area contributed by atoms with Crippen LogP contribution in [0.1, 0.15) is 34.0 Å². The molecule has 2 aromatic heterocycles. The molecule has 3 heterocycles. The summed E-state index contributed by atoms with van der Waals surface area (Å²) in [4.78, 5) is 14.2. The lowest BCUT2D eigenvalue weighted by Gasteiger charge is -2.16. The van der Waals surface area contributed by atoms with Gasteiger partial charge in [-0.2, -0.15) is 5.21 Å². The van der Waals surface area contributed by atoms with Crippen LogP contribution in [0.5, 0.6) is 5.75 Å². The Morgan fingerprint density at radius 2 is 2.27 bits per heavy atom. The zero-order valence-electron chi connectivity index (χ0n) is 12.2. The number of fused-ring (bicyclic) bond motifs is 1. The van der Waals surface area contributed by atoms with Crippen molar-refractivity contribution in [2.75, 3.05) is 11.9 Å². The van der Waals surface area contributed by atoms with E-state index in [9.17, 15) is 4.79 Å². The van der Waals surface area contributed by atoms with E-state index in [4.69, 9.17) is 4.74 Å². The molecule has 0 saturated heterocycles. The van der Waals surface area contributed by atoms with Crippen molar-refractivity contribution in [3.63, 3.8) is 0 Å². The fraction of sp³-hybridized carbons (Fsp3) is 0.500. The SMILES string of the molecule is CC(C)Oc1c(C(=O)Nc2nn[nH]n2)sc2c1CNCC2.Cl. The summed E-state index contributed by atoms with van der Waals surface area (Å²) in [5.74, 6) is 0.546. The number of rotatable bonds is 4. The maximum absolute atomic E-state index is 12.4. The number of amides is 1. The van der Waals surface area contributed by atoms with Gasteiger partial charge in [0.1, 0.15) is 10.6 Å². The Morgan fingerprint density at radius 1 is 1.45 bits per heavy atom. The maximum atomic E-state index is 12.4. The van der Waals surface area contributed by atoms with Gasteiger partial charge >= 0.3 is 0 Å². The quantitative estimate of drug-likeness (QED) is 0.773. The molecule has 10 heteroatoms. The molecule has 0 aromatic carbocycles. The molecule has 1 aliphatic rings. The van der Waals surface area contributed by atoms with Crippen LogP contribution < -0.4 is 15.4 Å². The van der Waals surface area contributed by atoms with Crippen molar-refractivity contribution in [2.45, 2.75) is 32.9 Å². The molecule has 3 rings (SSSR count). The first-order chi connectivity index (χ1) is 10.1. The third kappa shape index (κ3) is 3.37. The molecule has 8 nitrogen and oxygen atoms in total. The summed E-state index contributed by atoms with van der Waals surface area (Å²) in [6.07, 6.45) is 0.909. The zero-order chi connectivity index (χ0) is 14.8. The average Bonchev–Trinajstić information content (AvgIpc) is 3.07. The summed E-state index contributed by atoms with van der Waals surface area (Å²) in [6, 6.07) is 0. The molecule has 1 aliphatic heterocycles. The van der Waals surface area contributed by atoms with Gasteiger partial charge in [0.25, 0.3) is 11.9 Å². The Balaban J connectivity index is 0.00000176. The highest BCUT2D eigenvalue weighted by molar-refractivity contribution is 7.14. The van der Waals surface area contributed by atoms with Crippen LogP contribution >= 0.6 is 23.7 Å². The highest BCUT2D eigenvalue weighted by Crippen LogP contribution is 2.38. The topological polar surface area (TPSA) is 105 Å². The van der Waals surface area contributed by atoms with Crippen LogP contribution in [-0.2, 0) is 13.0 Å². The van der Waals surface area contributed by atoms with Crippen molar-refractivity contribution in [2.24, 2.45) is 0 Å². The number of thiophene rings is 1. The van der Waals surface area contributed by atoms with Gasteiger partial charge in [-0.15, -0.1) is 28.8 Å². The molecular weight excluding hydrogens is 328 g/mol. The predicted molar refractivity (Wildman–Crippen MR) is 84.9 cm³/mol. The minimum Gasteiger partial charge on any atom is -0.489 e. The first-order valence-electron chi connectivity index (χ1n) is 6.72. The number of H-pyrrole nitrogens is 1. The van der Waals surface area contributed by atoms with E-state index in [0.29, 0.717) is 10.6 Å². The van der Waals surface area contributed by atoms with Crippen molar-refractivity contribution in [3.8, 4) is 5.75 Å². The molecule has 0 fully saturated rings. The first-order valence-corrected chi connectivity index (χ1v) is 7.53. The predicted octanol–water partition coefficient (Wildman–Crippen LogP) is 1.37. The number of tetrazole rings is 1. The van der Waals surface area contributed by atoms with E-state index in [-0.39, 0.29) is 30.4 Å². The van der Waals surface area contributed by atoms with Crippen LogP contribution in [0.2, 0.25) is 0 Å². The summed E-state index contributed by atoms with van der Waals surface area (Å²) in [7, 11) is 0. The second kappa shape index (κ2) is 7.03. The van der Waals surface area contributed by atoms with E-state index in [1.165, 1.54) is 16.2 Å². The van der Waals surface area contributed by atoms with E-state index < -0.39 is 0 Å². The minimum atomic E-state index is -0.272. The molecule has 3 N–H and O–H groups in total. The number of hydrogen-bond acceptors (Lipinski definition) is 7. The Morgan fingerprint density at radius 3 is 2.95 bits per heavy atom. The number of nitrogens with one attached hydrogen (secondary N) is 3. The van der Waals surface area contributed by atoms with Crippen molar-refractivity contribution in [1.29, 1.82) is 0 Å². The minimum absolute atomic E-state index is 0. The third-order valence-corrected chi connectivity index (χ3v) is 4.28. The normalized spacial score (nSPS) is 13.4. The zero-order valence-corrected chi connectivity index (χ0v) is 13.8. The first kappa shape index (κ1) is 16.7. The van der Waals surface area contributed by atoms with Crippen LogP contribution in [0.15, 0.2) is 0 Å². The number of carbonyl (C=O) groups is 1. The number of anilines is 1. The van der Waals surface area contributed by atoms with Gasteiger partial charge in [-0.25, -0.2) is 0 Å². The molecule has 22 heavy (non-hydrogen) atoms. The van der Waals surface area contributed by atoms with E-state index in [1.807, 2.05) is 13.8 Å². The maximum Gasteiger partial charge on any atom is 0.272 e. The van der Waals surface area contributed by atoms with E-state index in [2.05, 4.69) is 31.3 Å². The molecule has 0 bridgehead atoms. The largest absolute Gasteiger partial charge is 0.489 e. The van der Waals surface area contributed by atoms with Gasteiger partial charge in [0.05, 0.1) is 6.10 Å². The van der Waals surface area contributed by atoms with E-state index >= 15 is 0 Å². The van der Waals surface area contributed by atoms with Crippen molar-refractivity contribution in [3.05, 3.63) is 15.3 Å². The Labute approximate surface area is 137 Å². The standard InChI is InChI=1S/C12H16N6O2S.ClH/c1-6(2)20-9-7-5-13-4-3-8(7)21-10(9)11(19)14-12-15-17-18-16-12;/h6,13H,3-5H2,1-2H3,(H2,14,15,16,17,18,19);1H. The molecule has 0 spiro atoms. The highest BCUT2D eigenvalue weighted by Gasteiger charge is 2.27. The number of halogens is 1. The van der Waals surface area contributed by atoms with Crippen LogP contribution in [0.3, 0.4) is 0 Å². The van der Waals surface area contributed by atoms with Crippen molar-refractivity contribution < 1.29 is 9.53 Å². The highest BCUT2D eigenvalue weighted by atomic mass is 35.5. The number of aromatic amines is 1. The molecule has 0 atom stereocenters. The van der Waals surface area contributed by atoms with Gasteiger partial charge < -0.3 is 10.1 Å². The van der Waals surface area contributed by atoms with Gasteiger partial charge in [0, 0.05) is 23.5 Å². The second-order valence-electron chi connectivity index (χ2n) is 4.94. The van der Waals surface area contributed by atoms with Crippen LogP contribution in [0.25, 0.3) is 0 Å². The molecule has 0 radical (unpaired) electrons. The van der Waals surface area contributed by atoms with Crippen LogP contribution in [0.4, 0.5) is 5.95 Å². The lowest BCUT2D eigenvalue weighted by Crippen LogP contribution is -2.23. The third-order valence-electron chi connectivity index (χ3n) is 3.00. The van der Waals surface area contributed by atoms with E-state index in [0.717, 1.165) is 25.1 Å². The second-order valence-corrected chi connectivity index (χ2v) is 6.05. The lowest BCUT2D eigenvalue weighted by atomic mass is 10.1. The Kier molecular flexibility index (Phi) is 5.33. The smallest absolute Gasteiger partial charge is 0.272 e. The molecule has 0 saturated carbocycles. The fourth-order valence-electron chi connectivity index (χ4n) is 2.17. The van der Waals surface area contributed by atoms with Gasteiger partial charge in [-0.1, -0.05) is 5.10 Å². The molecule has 2 aromatic rings. The average molecular weight is 345 g/mol. The van der Waals surface area contributed by atoms with E-state index in [1.54, 1.807) is 0 Å².